The number of hydrogen-bond acceptors (Lipinski definition) is 6. The summed E-state index contributed by atoms with van der Waals surface area (Å²) >= 11 is 20.8. The summed E-state index contributed by atoms with van der Waals surface area (Å²) in [5.74, 6) is 0.0665. The third kappa shape index (κ3) is 6.66. The number of ether oxygens (including phenoxy) is 2. The van der Waals surface area contributed by atoms with Gasteiger partial charge >= 0.3 is 5.97 Å². The second kappa shape index (κ2) is 14.1. The molecule has 0 saturated carbocycles. The number of esters is 1. The van der Waals surface area contributed by atoms with Crippen molar-refractivity contribution in [1.29, 1.82) is 0 Å². The smallest absolute Gasteiger partial charge is 0.338 e. The SMILES string of the molecule is CCOC(=O)C1=C(c2ccccc2)N=c2s/c(=C\c3cc(Br)c(OCc4ccc(Cl)cc4Cl)c(Br)c3)c(=O)n2[C@@H]1c1ccccc1. The number of halogens is 4. The molecular weight excluding hydrogens is 775 g/mol. The molecule has 232 valence electrons. The highest BCUT2D eigenvalue weighted by atomic mass is 79.9. The molecule has 6 nitrogen and oxygen atoms in total. The molecule has 2 heterocycles. The maximum absolute atomic E-state index is 14.2. The summed E-state index contributed by atoms with van der Waals surface area (Å²) in [6, 6.07) is 27.2. The van der Waals surface area contributed by atoms with Gasteiger partial charge in [0.25, 0.3) is 5.56 Å². The van der Waals surface area contributed by atoms with E-state index in [1.165, 1.54) is 11.3 Å². The van der Waals surface area contributed by atoms with Gasteiger partial charge in [0.1, 0.15) is 12.4 Å². The molecule has 1 atom stereocenters. The molecule has 0 fully saturated rings. The van der Waals surface area contributed by atoms with Gasteiger partial charge in [-0.2, -0.15) is 0 Å². The number of fused-ring (bicyclic) bond motifs is 1. The molecular formula is C35H24Br2Cl2N2O4S. The fourth-order valence-electron chi connectivity index (χ4n) is 5.13. The molecule has 0 unspecified atom stereocenters. The van der Waals surface area contributed by atoms with E-state index in [9.17, 15) is 9.59 Å². The largest absolute Gasteiger partial charge is 0.486 e. The van der Waals surface area contributed by atoms with Crippen molar-refractivity contribution in [1.82, 2.24) is 4.57 Å². The molecule has 6 rings (SSSR count). The van der Waals surface area contributed by atoms with Crippen molar-refractivity contribution in [2.24, 2.45) is 4.99 Å². The number of aromatic nitrogens is 1. The Morgan fingerprint density at radius 3 is 2.30 bits per heavy atom. The lowest BCUT2D eigenvalue weighted by atomic mass is 9.93. The zero-order valence-corrected chi connectivity index (χ0v) is 29.7. The maximum Gasteiger partial charge on any atom is 0.338 e. The van der Waals surface area contributed by atoms with Crippen LogP contribution in [0.3, 0.4) is 0 Å². The second-order valence-electron chi connectivity index (χ2n) is 10.2. The van der Waals surface area contributed by atoms with Crippen molar-refractivity contribution >= 4 is 84.1 Å². The van der Waals surface area contributed by atoms with Crippen LogP contribution in [-0.4, -0.2) is 17.1 Å². The Hall–Kier alpha value is -3.47. The van der Waals surface area contributed by atoms with E-state index in [0.717, 1.165) is 22.3 Å². The highest BCUT2D eigenvalue weighted by Gasteiger charge is 2.35. The predicted molar refractivity (Wildman–Crippen MR) is 190 cm³/mol. The number of thiazole rings is 1. The fraction of sp³-hybridized carbons (Fsp3) is 0.114. The topological polar surface area (TPSA) is 69.9 Å². The molecule has 0 aliphatic carbocycles. The van der Waals surface area contributed by atoms with Gasteiger partial charge in [-0.3, -0.25) is 9.36 Å². The predicted octanol–water partition coefficient (Wildman–Crippen LogP) is 8.35. The number of nitrogens with zero attached hydrogens (tertiary/aromatic N) is 2. The zero-order valence-electron chi connectivity index (χ0n) is 24.2. The number of hydrogen-bond donors (Lipinski definition) is 0. The first-order valence-electron chi connectivity index (χ1n) is 14.1. The van der Waals surface area contributed by atoms with Crippen LogP contribution in [-0.2, 0) is 16.1 Å². The molecule has 11 heteroatoms. The van der Waals surface area contributed by atoms with Crippen LogP contribution < -0.4 is 19.6 Å². The molecule has 46 heavy (non-hydrogen) atoms. The van der Waals surface area contributed by atoms with Crippen LogP contribution in [0.1, 0.15) is 35.2 Å². The Bertz CT molecular complexity index is 2140. The maximum atomic E-state index is 14.2. The van der Waals surface area contributed by atoms with Crippen LogP contribution in [0.2, 0.25) is 10.0 Å². The number of benzene rings is 4. The van der Waals surface area contributed by atoms with E-state index >= 15 is 0 Å². The van der Waals surface area contributed by atoms with Crippen LogP contribution in [0.5, 0.6) is 5.75 Å². The van der Waals surface area contributed by atoms with E-state index in [0.29, 0.717) is 45.3 Å². The summed E-state index contributed by atoms with van der Waals surface area (Å²) < 4.78 is 15.0. The molecule has 5 aromatic rings. The quantitative estimate of drug-likeness (QED) is 0.148. The molecule has 0 saturated heterocycles. The summed E-state index contributed by atoms with van der Waals surface area (Å²) in [5, 5.41) is 1.07. The van der Waals surface area contributed by atoms with E-state index in [1.54, 1.807) is 29.7 Å². The van der Waals surface area contributed by atoms with Crippen molar-refractivity contribution in [3.63, 3.8) is 0 Å². The first-order chi connectivity index (χ1) is 22.2. The normalized spacial score (nSPS) is 14.5. The molecule has 0 radical (unpaired) electrons. The summed E-state index contributed by atoms with van der Waals surface area (Å²) in [4.78, 5) is 33.1. The minimum Gasteiger partial charge on any atom is -0.486 e. The minimum atomic E-state index is -0.734. The van der Waals surface area contributed by atoms with E-state index < -0.39 is 12.0 Å². The third-order valence-electron chi connectivity index (χ3n) is 7.19. The second-order valence-corrected chi connectivity index (χ2v) is 13.7. The van der Waals surface area contributed by atoms with Crippen LogP contribution >= 0.6 is 66.4 Å². The van der Waals surface area contributed by atoms with Gasteiger partial charge in [-0.15, -0.1) is 0 Å². The van der Waals surface area contributed by atoms with Gasteiger partial charge in [-0.25, -0.2) is 9.79 Å². The lowest BCUT2D eigenvalue weighted by Crippen LogP contribution is -2.39. The van der Waals surface area contributed by atoms with Crippen LogP contribution in [0.25, 0.3) is 11.8 Å². The van der Waals surface area contributed by atoms with Crippen molar-refractivity contribution in [3.8, 4) is 5.75 Å². The van der Waals surface area contributed by atoms with E-state index in [4.69, 9.17) is 37.7 Å². The molecule has 0 amide bonds. The average Bonchev–Trinajstić information content (AvgIpc) is 3.35. The first kappa shape index (κ1) is 32.5. The van der Waals surface area contributed by atoms with Crippen molar-refractivity contribution < 1.29 is 14.3 Å². The summed E-state index contributed by atoms with van der Waals surface area (Å²) in [7, 11) is 0. The number of carbonyl (C=O) groups is 1. The van der Waals surface area contributed by atoms with Gasteiger partial charge in [-0.1, -0.05) is 101 Å². The van der Waals surface area contributed by atoms with Crippen molar-refractivity contribution in [2.45, 2.75) is 19.6 Å². The van der Waals surface area contributed by atoms with Crippen LogP contribution in [0, 0.1) is 0 Å². The summed E-state index contributed by atoms with van der Waals surface area (Å²) in [5.41, 5.74) is 3.60. The van der Waals surface area contributed by atoms with E-state index in [-0.39, 0.29) is 18.8 Å². The van der Waals surface area contributed by atoms with Gasteiger partial charge in [0.05, 0.1) is 37.4 Å². The molecule has 4 aromatic carbocycles. The fourth-order valence-corrected chi connectivity index (χ4v) is 8.05. The van der Waals surface area contributed by atoms with Crippen LogP contribution in [0.4, 0.5) is 0 Å². The standard InChI is InChI=1S/C35H24Br2Cl2N2O4S/c1-2-44-34(43)29-30(21-9-5-3-6-10-21)40-35-41(31(29)22-11-7-4-8-12-22)33(42)28(46-35)17-20-15-25(36)32(26(37)16-20)45-19-23-13-14-24(38)18-27(23)39/h3-18,31H,2,19H2,1H3/b28-17-/t31-/m1/s1. The first-order valence-corrected chi connectivity index (χ1v) is 17.3. The lowest BCUT2D eigenvalue weighted by Gasteiger charge is -2.25. The Morgan fingerprint density at radius 1 is 0.978 bits per heavy atom. The monoisotopic (exact) mass is 796 g/mol. The zero-order chi connectivity index (χ0) is 32.4. The highest BCUT2D eigenvalue weighted by Crippen LogP contribution is 2.37. The molecule has 0 spiro atoms. The van der Waals surface area contributed by atoms with Crippen LogP contribution in [0.15, 0.2) is 115 Å². The van der Waals surface area contributed by atoms with Gasteiger partial charge in [0.15, 0.2) is 4.80 Å². The molecule has 1 aromatic heterocycles. The molecule has 1 aliphatic rings. The number of carbonyl (C=O) groups excluding carboxylic acids is 1. The van der Waals surface area contributed by atoms with Gasteiger partial charge < -0.3 is 9.47 Å². The molecule has 0 bridgehead atoms. The summed E-state index contributed by atoms with van der Waals surface area (Å²) in [6.45, 7) is 2.18. The van der Waals surface area contributed by atoms with Gasteiger partial charge in [0.2, 0.25) is 0 Å². The van der Waals surface area contributed by atoms with E-state index in [1.807, 2.05) is 78.9 Å². The Kier molecular flexibility index (Phi) is 9.96. The highest BCUT2D eigenvalue weighted by molar-refractivity contribution is 9.11. The van der Waals surface area contributed by atoms with Crippen molar-refractivity contribution in [3.05, 3.63) is 158 Å². The van der Waals surface area contributed by atoms with Gasteiger partial charge in [0, 0.05) is 21.2 Å². The van der Waals surface area contributed by atoms with E-state index in [2.05, 4.69) is 31.9 Å². The molecule has 0 N–H and O–H groups in total. The van der Waals surface area contributed by atoms with Crippen molar-refractivity contribution in [2.75, 3.05) is 6.61 Å². The lowest BCUT2D eigenvalue weighted by molar-refractivity contribution is -0.138. The Balaban J connectivity index is 1.45. The average molecular weight is 799 g/mol. The Labute approximate surface area is 295 Å². The Morgan fingerprint density at radius 2 is 1.65 bits per heavy atom. The molecule has 1 aliphatic heterocycles. The number of rotatable bonds is 8. The van der Waals surface area contributed by atoms with Gasteiger partial charge in [-0.05, 0) is 80.3 Å². The minimum absolute atomic E-state index is 0.187. The summed E-state index contributed by atoms with van der Waals surface area (Å²) in [6.07, 6.45) is 1.80. The third-order valence-corrected chi connectivity index (χ3v) is 9.94.